The average molecular weight is 569 g/mol. The van der Waals surface area contributed by atoms with E-state index in [-0.39, 0.29) is 18.5 Å². The molecule has 10 heteroatoms. The third kappa shape index (κ3) is 7.96. The Bertz CT molecular complexity index is 1140. The Morgan fingerprint density at radius 2 is 1.74 bits per heavy atom. The molecule has 192 valence electrons. The average Bonchev–Trinajstić information content (AvgIpc) is 2.81. The molecule has 2 rings (SSSR count). The van der Waals surface area contributed by atoms with Crippen LogP contribution >= 0.6 is 15.9 Å². The molecule has 0 fully saturated rings. The summed E-state index contributed by atoms with van der Waals surface area (Å²) in [5.41, 5.74) is 2.00. The molecule has 0 bridgehead atoms. The van der Waals surface area contributed by atoms with Gasteiger partial charge in [0, 0.05) is 17.1 Å². The Hall–Kier alpha value is -2.59. The lowest BCUT2D eigenvalue weighted by atomic mass is 10.1. The smallest absolute Gasteiger partial charge is 0.244 e. The predicted molar refractivity (Wildman–Crippen MR) is 142 cm³/mol. The molecule has 1 N–H and O–H groups in total. The highest BCUT2D eigenvalue weighted by Crippen LogP contribution is 2.25. The molecule has 0 aliphatic carbocycles. The standard InChI is InChI=1S/C25H34BrN3O5S/c1-7-18(3)27-25(31)19(4)28(15-20-8-11-22(34-5)12-9-20)24(30)16-29(35(6,32)33)21-10-13-23(26)17(2)14-21/h8-14,18-19H,7,15-16H2,1-6H3,(H,27,31)/t18-,19-/m0/s1. The van der Waals surface area contributed by atoms with Crippen LogP contribution in [-0.2, 0) is 26.2 Å². The van der Waals surface area contributed by atoms with E-state index in [1.165, 1.54) is 4.90 Å². The van der Waals surface area contributed by atoms with E-state index in [0.717, 1.165) is 32.6 Å². The molecule has 0 saturated heterocycles. The first-order valence-corrected chi connectivity index (χ1v) is 14.0. The third-order valence-electron chi connectivity index (χ3n) is 5.79. The minimum Gasteiger partial charge on any atom is -0.497 e. The van der Waals surface area contributed by atoms with E-state index < -0.39 is 28.5 Å². The molecule has 0 radical (unpaired) electrons. The summed E-state index contributed by atoms with van der Waals surface area (Å²) in [4.78, 5) is 27.9. The maximum absolute atomic E-state index is 13.6. The number of amides is 2. The van der Waals surface area contributed by atoms with Gasteiger partial charge < -0.3 is 15.0 Å². The molecular weight excluding hydrogens is 534 g/mol. The van der Waals surface area contributed by atoms with Crippen LogP contribution in [0.25, 0.3) is 0 Å². The lowest BCUT2D eigenvalue weighted by Gasteiger charge is -2.32. The Morgan fingerprint density at radius 1 is 1.11 bits per heavy atom. The fraction of sp³-hybridized carbons (Fsp3) is 0.440. The molecule has 0 aliphatic heterocycles. The third-order valence-corrected chi connectivity index (χ3v) is 7.82. The number of carbonyl (C=O) groups is 2. The fourth-order valence-electron chi connectivity index (χ4n) is 3.37. The van der Waals surface area contributed by atoms with E-state index >= 15 is 0 Å². The number of benzene rings is 2. The highest BCUT2D eigenvalue weighted by atomic mass is 79.9. The molecule has 0 unspecified atom stereocenters. The maximum atomic E-state index is 13.6. The van der Waals surface area contributed by atoms with Crippen LogP contribution in [-0.4, -0.2) is 57.1 Å². The lowest BCUT2D eigenvalue weighted by Crippen LogP contribution is -2.52. The maximum Gasteiger partial charge on any atom is 0.244 e. The van der Waals surface area contributed by atoms with Crippen LogP contribution in [0.4, 0.5) is 5.69 Å². The predicted octanol–water partition coefficient (Wildman–Crippen LogP) is 3.86. The van der Waals surface area contributed by atoms with Crippen molar-refractivity contribution in [2.24, 2.45) is 0 Å². The number of hydrogen-bond acceptors (Lipinski definition) is 5. The van der Waals surface area contributed by atoms with Crippen molar-refractivity contribution in [3.05, 3.63) is 58.1 Å². The Kier molecular flexibility index (Phi) is 10.1. The first-order chi connectivity index (χ1) is 16.4. The SMILES string of the molecule is CC[C@H](C)NC(=O)[C@H](C)N(Cc1ccc(OC)cc1)C(=O)CN(c1ccc(Br)c(C)c1)S(C)(=O)=O. The van der Waals surface area contributed by atoms with Gasteiger partial charge in [-0.15, -0.1) is 0 Å². The number of methoxy groups -OCH3 is 1. The van der Waals surface area contributed by atoms with Crippen molar-refractivity contribution in [2.45, 2.75) is 52.7 Å². The molecule has 2 aromatic rings. The van der Waals surface area contributed by atoms with E-state index in [1.54, 1.807) is 44.4 Å². The van der Waals surface area contributed by atoms with E-state index in [1.807, 2.05) is 32.9 Å². The zero-order chi connectivity index (χ0) is 26.3. The number of nitrogens with zero attached hydrogens (tertiary/aromatic N) is 2. The number of hydrogen-bond donors (Lipinski definition) is 1. The van der Waals surface area contributed by atoms with Crippen molar-refractivity contribution in [1.82, 2.24) is 10.2 Å². The second-order valence-corrected chi connectivity index (χ2v) is 11.3. The molecule has 2 atom stereocenters. The van der Waals surface area contributed by atoms with Crippen LogP contribution in [0.3, 0.4) is 0 Å². The molecule has 8 nitrogen and oxygen atoms in total. The number of halogens is 1. The van der Waals surface area contributed by atoms with Crippen molar-refractivity contribution in [2.75, 3.05) is 24.2 Å². The normalized spacial score (nSPS) is 13.0. The summed E-state index contributed by atoms with van der Waals surface area (Å²) in [6, 6.07) is 11.4. The highest BCUT2D eigenvalue weighted by molar-refractivity contribution is 9.10. The van der Waals surface area contributed by atoms with Crippen molar-refractivity contribution in [1.29, 1.82) is 0 Å². The first kappa shape index (κ1) is 28.6. The van der Waals surface area contributed by atoms with Gasteiger partial charge in [0.1, 0.15) is 18.3 Å². The van der Waals surface area contributed by atoms with Gasteiger partial charge in [-0.3, -0.25) is 13.9 Å². The number of anilines is 1. The zero-order valence-electron chi connectivity index (χ0n) is 21.0. The Morgan fingerprint density at radius 3 is 2.26 bits per heavy atom. The quantitative estimate of drug-likeness (QED) is 0.444. The van der Waals surface area contributed by atoms with E-state index in [4.69, 9.17) is 4.74 Å². The van der Waals surface area contributed by atoms with Crippen molar-refractivity contribution < 1.29 is 22.7 Å². The summed E-state index contributed by atoms with van der Waals surface area (Å²) in [6.07, 6.45) is 1.81. The Labute approximate surface area is 216 Å². The number of carbonyl (C=O) groups excluding carboxylic acids is 2. The topological polar surface area (TPSA) is 96.0 Å². The lowest BCUT2D eigenvalue weighted by molar-refractivity contribution is -0.139. The number of ether oxygens (including phenoxy) is 1. The van der Waals surface area contributed by atoms with Crippen LogP contribution in [0.1, 0.15) is 38.3 Å². The van der Waals surface area contributed by atoms with E-state index in [0.29, 0.717) is 11.4 Å². The van der Waals surface area contributed by atoms with Gasteiger partial charge >= 0.3 is 0 Å². The largest absolute Gasteiger partial charge is 0.497 e. The highest BCUT2D eigenvalue weighted by Gasteiger charge is 2.30. The van der Waals surface area contributed by atoms with Gasteiger partial charge in [0.05, 0.1) is 19.1 Å². The van der Waals surface area contributed by atoms with Gasteiger partial charge in [-0.2, -0.15) is 0 Å². The van der Waals surface area contributed by atoms with Crippen molar-refractivity contribution in [3.8, 4) is 5.75 Å². The summed E-state index contributed by atoms with van der Waals surface area (Å²) >= 11 is 3.41. The molecule has 0 saturated carbocycles. The first-order valence-electron chi connectivity index (χ1n) is 11.3. The Balaban J connectivity index is 2.40. The van der Waals surface area contributed by atoms with Gasteiger partial charge in [0.15, 0.2) is 0 Å². The van der Waals surface area contributed by atoms with E-state index in [2.05, 4.69) is 21.2 Å². The van der Waals surface area contributed by atoms with Crippen molar-refractivity contribution in [3.63, 3.8) is 0 Å². The molecule has 35 heavy (non-hydrogen) atoms. The molecule has 0 aromatic heterocycles. The van der Waals surface area contributed by atoms with Crippen LogP contribution in [0.15, 0.2) is 46.9 Å². The number of rotatable bonds is 11. The minimum absolute atomic E-state index is 0.0545. The molecule has 0 aliphatic rings. The molecule has 2 aromatic carbocycles. The van der Waals surface area contributed by atoms with Crippen LogP contribution in [0.2, 0.25) is 0 Å². The summed E-state index contributed by atoms with van der Waals surface area (Å²) in [7, 11) is -2.21. The number of nitrogens with one attached hydrogen (secondary N) is 1. The summed E-state index contributed by atoms with van der Waals surface area (Å²) < 4.78 is 32.4. The van der Waals surface area contributed by atoms with Crippen LogP contribution in [0, 0.1) is 6.92 Å². The summed E-state index contributed by atoms with van der Waals surface area (Å²) in [5.74, 6) is -0.117. The molecule has 2 amide bonds. The van der Waals surface area contributed by atoms with Crippen molar-refractivity contribution >= 4 is 43.5 Å². The monoisotopic (exact) mass is 567 g/mol. The molecular formula is C25H34BrN3O5S. The zero-order valence-corrected chi connectivity index (χ0v) is 23.4. The van der Waals surface area contributed by atoms with Gasteiger partial charge in [-0.25, -0.2) is 8.42 Å². The van der Waals surface area contributed by atoms with Gasteiger partial charge in [0.2, 0.25) is 21.8 Å². The summed E-state index contributed by atoms with van der Waals surface area (Å²) in [6.45, 7) is 7.04. The van der Waals surface area contributed by atoms with Gasteiger partial charge in [-0.1, -0.05) is 35.0 Å². The fourth-order valence-corrected chi connectivity index (χ4v) is 4.46. The molecule has 0 heterocycles. The summed E-state index contributed by atoms with van der Waals surface area (Å²) in [5, 5.41) is 2.91. The number of aryl methyl sites for hydroxylation is 1. The van der Waals surface area contributed by atoms with Crippen LogP contribution < -0.4 is 14.4 Å². The van der Waals surface area contributed by atoms with Gasteiger partial charge in [-0.05, 0) is 68.7 Å². The van der Waals surface area contributed by atoms with Crippen LogP contribution in [0.5, 0.6) is 5.75 Å². The number of sulfonamides is 1. The van der Waals surface area contributed by atoms with Gasteiger partial charge in [0.25, 0.3) is 0 Å². The van der Waals surface area contributed by atoms with E-state index in [9.17, 15) is 18.0 Å². The second kappa shape index (κ2) is 12.4. The minimum atomic E-state index is -3.77. The second-order valence-electron chi connectivity index (χ2n) is 8.57. The molecule has 0 spiro atoms.